The van der Waals surface area contributed by atoms with E-state index in [-0.39, 0.29) is 30.4 Å². The van der Waals surface area contributed by atoms with Crippen molar-refractivity contribution in [2.45, 2.75) is 12.5 Å². The van der Waals surface area contributed by atoms with Crippen molar-refractivity contribution in [2.75, 3.05) is 11.9 Å². The largest absolute Gasteiger partial charge is 0.396 e. The maximum Gasteiger partial charge on any atom is 0.319 e. The number of carbonyl (C=O) groups excluding carboxylic acids is 2. The SMILES string of the molecule is O=C(Nc1cccc(C(=O)c2ccccc2)c1)N[C@@H]1C=C[C@H](CO)C1. The van der Waals surface area contributed by atoms with Crippen LogP contribution >= 0.6 is 0 Å². The number of anilines is 1. The Morgan fingerprint density at radius 2 is 1.76 bits per heavy atom. The van der Waals surface area contributed by atoms with Gasteiger partial charge in [0.2, 0.25) is 0 Å². The van der Waals surface area contributed by atoms with Crippen LogP contribution in [0.1, 0.15) is 22.3 Å². The van der Waals surface area contributed by atoms with Gasteiger partial charge in [-0.1, -0.05) is 54.6 Å². The Morgan fingerprint density at radius 1 is 1.00 bits per heavy atom. The van der Waals surface area contributed by atoms with Gasteiger partial charge in [0, 0.05) is 35.4 Å². The first-order valence-electron chi connectivity index (χ1n) is 8.22. The third kappa shape index (κ3) is 4.33. The van der Waals surface area contributed by atoms with E-state index in [2.05, 4.69) is 10.6 Å². The molecule has 1 aliphatic carbocycles. The summed E-state index contributed by atoms with van der Waals surface area (Å²) in [7, 11) is 0. The van der Waals surface area contributed by atoms with Crippen LogP contribution in [0.15, 0.2) is 66.7 Å². The van der Waals surface area contributed by atoms with Crippen LogP contribution in [-0.4, -0.2) is 29.6 Å². The van der Waals surface area contributed by atoms with Gasteiger partial charge in [-0.3, -0.25) is 4.79 Å². The Balaban J connectivity index is 1.63. The molecule has 128 valence electrons. The molecule has 5 nitrogen and oxygen atoms in total. The zero-order valence-electron chi connectivity index (χ0n) is 13.7. The molecule has 0 unspecified atom stereocenters. The highest BCUT2D eigenvalue weighted by Gasteiger charge is 2.19. The molecule has 2 atom stereocenters. The summed E-state index contributed by atoms with van der Waals surface area (Å²) < 4.78 is 0. The third-order valence-electron chi connectivity index (χ3n) is 4.14. The van der Waals surface area contributed by atoms with Crippen LogP contribution in [-0.2, 0) is 0 Å². The highest BCUT2D eigenvalue weighted by molar-refractivity contribution is 6.09. The molecule has 0 saturated heterocycles. The van der Waals surface area contributed by atoms with Crippen molar-refractivity contribution in [2.24, 2.45) is 5.92 Å². The molecule has 3 rings (SSSR count). The normalized spacial score (nSPS) is 18.8. The summed E-state index contributed by atoms with van der Waals surface area (Å²) in [4.78, 5) is 24.6. The van der Waals surface area contributed by atoms with Crippen LogP contribution in [0, 0.1) is 5.92 Å². The van der Waals surface area contributed by atoms with Gasteiger partial charge in [0.05, 0.1) is 0 Å². The molecule has 0 bridgehead atoms. The molecule has 0 spiro atoms. The van der Waals surface area contributed by atoms with Crippen molar-refractivity contribution in [3.05, 3.63) is 77.9 Å². The maximum atomic E-state index is 12.5. The van der Waals surface area contributed by atoms with Gasteiger partial charge in [-0.15, -0.1) is 0 Å². The average Bonchev–Trinajstić information content (AvgIpc) is 3.09. The molecule has 2 aromatic rings. The number of carbonyl (C=O) groups is 2. The van der Waals surface area contributed by atoms with Crippen molar-refractivity contribution < 1.29 is 14.7 Å². The first-order chi connectivity index (χ1) is 12.2. The zero-order chi connectivity index (χ0) is 17.6. The van der Waals surface area contributed by atoms with Crippen LogP contribution in [0.5, 0.6) is 0 Å². The number of rotatable bonds is 5. The van der Waals surface area contributed by atoms with Gasteiger partial charge in [-0.2, -0.15) is 0 Å². The lowest BCUT2D eigenvalue weighted by Crippen LogP contribution is -2.36. The number of hydrogen-bond acceptors (Lipinski definition) is 3. The minimum atomic E-state index is -0.336. The van der Waals surface area contributed by atoms with E-state index in [9.17, 15) is 9.59 Å². The van der Waals surface area contributed by atoms with Crippen molar-refractivity contribution in [3.63, 3.8) is 0 Å². The lowest BCUT2D eigenvalue weighted by molar-refractivity contribution is 0.103. The molecular formula is C20H20N2O3. The van der Waals surface area contributed by atoms with E-state index in [0.29, 0.717) is 23.2 Å². The number of aliphatic hydroxyl groups excluding tert-OH is 1. The molecule has 0 aromatic heterocycles. The molecule has 0 heterocycles. The highest BCUT2D eigenvalue weighted by atomic mass is 16.3. The summed E-state index contributed by atoms with van der Waals surface area (Å²) in [6.45, 7) is 0.0833. The minimum absolute atomic E-state index is 0.0833. The van der Waals surface area contributed by atoms with Crippen molar-refractivity contribution in [1.29, 1.82) is 0 Å². The molecule has 0 saturated carbocycles. The van der Waals surface area contributed by atoms with E-state index in [4.69, 9.17) is 5.11 Å². The number of amides is 2. The molecule has 0 fully saturated rings. The van der Waals surface area contributed by atoms with E-state index < -0.39 is 0 Å². The lowest BCUT2D eigenvalue weighted by Gasteiger charge is -2.14. The summed E-state index contributed by atoms with van der Waals surface area (Å²) in [6, 6.07) is 15.5. The number of ketones is 1. The molecule has 3 N–H and O–H groups in total. The standard InChI is InChI=1S/C20H20N2O3/c23-13-14-9-10-18(11-14)22-20(25)21-17-8-4-7-16(12-17)19(24)15-5-2-1-3-6-15/h1-10,12,14,18,23H,11,13H2,(H2,21,22,25)/t14-,18+/m0/s1. The molecule has 0 aliphatic heterocycles. The van der Waals surface area contributed by atoms with Gasteiger partial charge >= 0.3 is 6.03 Å². The van der Waals surface area contributed by atoms with Crippen LogP contribution < -0.4 is 10.6 Å². The number of hydrogen-bond donors (Lipinski definition) is 3. The lowest BCUT2D eigenvalue weighted by atomic mass is 10.0. The first kappa shape index (κ1) is 16.9. The van der Waals surface area contributed by atoms with Crippen LogP contribution in [0.25, 0.3) is 0 Å². The number of nitrogens with one attached hydrogen (secondary N) is 2. The molecule has 2 amide bonds. The van der Waals surface area contributed by atoms with Crippen molar-refractivity contribution >= 4 is 17.5 Å². The second kappa shape index (κ2) is 7.77. The number of urea groups is 1. The van der Waals surface area contributed by atoms with E-state index in [1.807, 2.05) is 30.4 Å². The molecule has 5 heteroatoms. The average molecular weight is 336 g/mol. The van der Waals surface area contributed by atoms with Gasteiger partial charge in [0.25, 0.3) is 0 Å². The smallest absolute Gasteiger partial charge is 0.319 e. The Morgan fingerprint density at radius 3 is 2.48 bits per heavy atom. The van der Waals surface area contributed by atoms with Gasteiger partial charge < -0.3 is 15.7 Å². The first-order valence-corrected chi connectivity index (χ1v) is 8.22. The van der Waals surface area contributed by atoms with Crippen molar-refractivity contribution in [1.82, 2.24) is 5.32 Å². The third-order valence-corrected chi connectivity index (χ3v) is 4.14. The maximum absolute atomic E-state index is 12.5. The molecular weight excluding hydrogens is 316 g/mol. The quantitative estimate of drug-likeness (QED) is 0.580. The van der Waals surface area contributed by atoms with E-state index >= 15 is 0 Å². The Kier molecular flexibility index (Phi) is 5.26. The molecule has 2 aromatic carbocycles. The number of aliphatic hydroxyl groups is 1. The minimum Gasteiger partial charge on any atom is -0.396 e. The zero-order valence-corrected chi connectivity index (χ0v) is 13.7. The molecule has 0 radical (unpaired) electrons. The summed E-state index contributed by atoms with van der Waals surface area (Å²) in [5.41, 5.74) is 1.68. The second-order valence-electron chi connectivity index (χ2n) is 6.04. The van der Waals surface area contributed by atoms with E-state index in [1.165, 1.54) is 0 Å². The van der Waals surface area contributed by atoms with Crippen LogP contribution in [0.3, 0.4) is 0 Å². The number of benzene rings is 2. The highest BCUT2D eigenvalue weighted by Crippen LogP contribution is 2.18. The Hall–Kier alpha value is -2.92. The fraction of sp³-hybridized carbons (Fsp3) is 0.200. The van der Waals surface area contributed by atoms with Gasteiger partial charge in [0.1, 0.15) is 0 Å². The topological polar surface area (TPSA) is 78.4 Å². The summed E-state index contributed by atoms with van der Waals surface area (Å²) in [6.07, 6.45) is 4.48. The molecule has 1 aliphatic rings. The Labute approximate surface area is 146 Å². The second-order valence-corrected chi connectivity index (χ2v) is 6.04. The van der Waals surface area contributed by atoms with Crippen LogP contribution in [0.2, 0.25) is 0 Å². The van der Waals surface area contributed by atoms with E-state index in [0.717, 1.165) is 0 Å². The summed E-state index contributed by atoms with van der Waals surface area (Å²) in [5.74, 6) is 0.00583. The monoisotopic (exact) mass is 336 g/mol. The fourth-order valence-corrected chi connectivity index (χ4v) is 2.85. The van der Waals surface area contributed by atoms with Gasteiger partial charge in [-0.25, -0.2) is 4.79 Å². The van der Waals surface area contributed by atoms with Gasteiger partial charge in [-0.05, 0) is 18.6 Å². The predicted octanol–water partition coefficient (Wildman–Crippen LogP) is 2.98. The Bertz CT molecular complexity index is 787. The fourth-order valence-electron chi connectivity index (χ4n) is 2.85. The van der Waals surface area contributed by atoms with E-state index in [1.54, 1.807) is 36.4 Å². The van der Waals surface area contributed by atoms with Crippen molar-refractivity contribution in [3.8, 4) is 0 Å². The van der Waals surface area contributed by atoms with Gasteiger partial charge in [0.15, 0.2) is 5.78 Å². The predicted molar refractivity (Wildman–Crippen MR) is 96.6 cm³/mol. The van der Waals surface area contributed by atoms with Crippen LogP contribution in [0.4, 0.5) is 10.5 Å². The summed E-state index contributed by atoms with van der Waals surface area (Å²) in [5, 5.41) is 14.7. The summed E-state index contributed by atoms with van der Waals surface area (Å²) >= 11 is 0. The molecule has 25 heavy (non-hydrogen) atoms.